The predicted molar refractivity (Wildman–Crippen MR) is 70.1 cm³/mol. The van der Waals surface area contributed by atoms with Crippen LogP contribution in [0.1, 0.15) is 17.5 Å². The molecule has 0 aliphatic heterocycles. The van der Waals surface area contributed by atoms with Crippen molar-refractivity contribution in [3.63, 3.8) is 0 Å². The summed E-state index contributed by atoms with van der Waals surface area (Å²) in [6, 6.07) is 10.0. The van der Waals surface area contributed by atoms with Gasteiger partial charge in [0.15, 0.2) is 0 Å². The van der Waals surface area contributed by atoms with E-state index in [4.69, 9.17) is 10.2 Å². The van der Waals surface area contributed by atoms with Gasteiger partial charge in [0.25, 0.3) is 0 Å². The molecule has 94 valence electrons. The first-order chi connectivity index (χ1) is 8.79. The molecule has 1 heterocycles. The van der Waals surface area contributed by atoms with Crippen LogP contribution < -0.4 is 11.1 Å². The van der Waals surface area contributed by atoms with Gasteiger partial charge in [-0.1, -0.05) is 41.5 Å². The molecule has 0 saturated heterocycles. The number of rotatable bonds is 6. The van der Waals surface area contributed by atoms with E-state index in [2.05, 4.69) is 22.1 Å². The van der Waals surface area contributed by atoms with Crippen LogP contribution in [-0.4, -0.2) is 16.7 Å². The summed E-state index contributed by atoms with van der Waals surface area (Å²) in [6.45, 7) is 4.18. The molecule has 0 unspecified atom stereocenters. The molecule has 1 aromatic heterocycles. The second-order valence-electron chi connectivity index (χ2n) is 3.91. The highest BCUT2D eigenvalue weighted by atomic mass is 16.4. The average molecular weight is 244 g/mol. The smallest absolute Gasteiger partial charge is 0.315 e. The van der Waals surface area contributed by atoms with Crippen LogP contribution in [0.4, 0.5) is 6.01 Å². The number of nitrogens with one attached hydrogen (secondary N) is 1. The van der Waals surface area contributed by atoms with Crippen LogP contribution in [0.5, 0.6) is 0 Å². The van der Waals surface area contributed by atoms with Crippen molar-refractivity contribution < 1.29 is 4.42 Å². The lowest BCUT2D eigenvalue weighted by Gasteiger charge is -2.06. The number of benzene rings is 1. The summed E-state index contributed by atoms with van der Waals surface area (Å²) in [5.41, 5.74) is 7.17. The van der Waals surface area contributed by atoms with Crippen molar-refractivity contribution >= 4 is 6.01 Å². The second kappa shape index (κ2) is 5.97. The first-order valence-corrected chi connectivity index (χ1v) is 5.77. The second-order valence-corrected chi connectivity index (χ2v) is 3.91. The van der Waals surface area contributed by atoms with Gasteiger partial charge in [0.2, 0.25) is 5.89 Å². The highest BCUT2D eigenvalue weighted by molar-refractivity contribution is 5.20. The fraction of sp³-hybridized carbons (Fsp3) is 0.231. The molecule has 0 bridgehead atoms. The summed E-state index contributed by atoms with van der Waals surface area (Å²) in [5.74, 6) is 0.436. The minimum atomic E-state index is -0.292. The van der Waals surface area contributed by atoms with Crippen molar-refractivity contribution in [1.29, 1.82) is 0 Å². The Labute approximate surface area is 106 Å². The molecule has 2 aromatic rings. The number of hydrogen-bond acceptors (Lipinski definition) is 5. The van der Waals surface area contributed by atoms with Gasteiger partial charge >= 0.3 is 6.01 Å². The zero-order chi connectivity index (χ0) is 12.8. The van der Waals surface area contributed by atoms with Gasteiger partial charge in [-0.15, -0.1) is 11.7 Å². The summed E-state index contributed by atoms with van der Waals surface area (Å²) in [5, 5.41) is 10.7. The third kappa shape index (κ3) is 3.18. The van der Waals surface area contributed by atoms with Crippen molar-refractivity contribution in [3.05, 3.63) is 54.4 Å². The van der Waals surface area contributed by atoms with Crippen LogP contribution in [0.15, 0.2) is 47.4 Å². The summed E-state index contributed by atoms with van der Waals surface area (Å²) in [7, 11) is 0. The molecule has 0 spiro atoms. The van der Waals surface area contributed by atoms with E-state index in [1.54, 1.807) is 6.08 Å². The fourth-order valence-electron chi connectivity index (χ4n) is 1.57. The van der Waals surface area contributed by atoms with Crippen LogP contribution >= 0.6 is 0 Å². The maximum Gasteiger partial charge on any atom is 0.315 e. The minimum Gasteiger partial charge on any atom is -0.406 e. The van der Waals surface area contributed by atoms with Crippen molar-refractivity contribution in [2.75, 3.05) is 11.9 Å². The van der Waals surface area contributed by atoms with Crippen LogP contribution in [0.25, 0.3) is 0 Å². The van der Waals surface area contributed by atoms with Crippen LogP contribution in [0, 0.1) is 0 Å². The first-order valence-electron chi connectivity index (χ1n) is 5.77. The zero-order valence-electron chi connectivity index (χ0n) is 10.0. The summed E-state index contributed by atoms with van der Waals surface area (Å²) >= 11 is 0. The molecule has 0 fully saturated rings. The summed E-state index contributed by atoms with van der Waals surface area (Å²) in [4.78, 5) is 0. The summed E-state index contributed by atoms with van der Waals surface area (Å²) in [6.07, 6.45) is 2.39. The highest BCUT2D eigenvalue weighted by Gasteiger charge is 2.14. The minimum absolute atomic E-state index is 0.292. The summed E-state index contributed by atoms with van der Waals surface area (Å²) < 4.78 is 5.41. The van der Waals surface area contributed by atoms with Crippen LogP contribution in [0.3, 0.4) is 0 Å². The molecule has 5 heteroatoms. The van der Waals surface area contributed by atoms with E-state index >= 15 is 0 Å². The third-order valence-corrected chi connectivity index (χ3v) is 2.45. The van der Waals surface area contributed by atoms with Gasteiger partial charge in [-0.2, -0.15) is 0 Å². The largest absolute Gasteiger partial charge is 0.406 e. The molecule has 0 aliphatic carbocycles. The lowest BCUT2D eigenvalue weighted by Crippen LogP contribution is -2.13. The van der Waals surface area contributed by atoms with Crippen molar-refractivity contribution in [2.45, 2.75) is 12.5 Å². The van der Waals surface area contributed by atoms with Crippen LogP contribution in [-0.2, 0) is 6.42 Å². The molecule has 3 N–H and O–H groups in total. The molecule has 1 atom stereocenters. The van der Waals surface area contributed by atoms with E-state index in [0.29, 0.717) is 24.9 Å². The lowest BCUT2D eigenvalue weighted by atomic mass is 10.1. The number of aromatic nitrogens is 2. The quantitative estimate of drug-likeness (QED) is 0.759. The normalized spacial score (nSPS) is 12.1. The van der Waals surface area contributed by atoms with E-state index in [1.165, 1.54) is 0 Å². The Morgan fingerprint density at radius 3 is 2.83 bits per heavy atom. The predicted octanol–water partition coefficient (Wildman–Crippen LogP) is 1.91. The van der Waals surface area contributed by atoms with E-state index in [0.717, 1.165) is 5.56 Å². The van der Waals surface area contributed by atoms with Gasteiger partial charge in [0.1, 0.15) is 0 Å². The van der Waals surface area contributed by atoms with Gasteiger partial charge < -0.3 is 15.5 Å². The number of anilines is 1. The SMILES string of the molecule is C=CCNc1nnc([C@H](N)Cc2ccccc2)o1. The van der Waals surface area contributed by atoms with Crippen molar-refractivity contribution in [2.24, 2.45) is 5.73 Å². The first kappa shape index (κ1) is 12.3. The Morgan fingerprint density at radius 1 is 1.33 bits per heavy atom. The Hall–Kier alpha value is -2.14. The number of hydrogen-bond donors (Lipinski definition) is 2. The Bertz CT molecular complexity index is 495. The molecular weight excluding hydrogens is 228 g/mol. The van der Waals surface area contributed by atoms with E-state index in [-0.39, 0.29) is 6.04 Å². The van der Waals surface area contributed by atoms with Gasteiger partial charge in [0, 0.05) is 6.54 Å². The van der Waals surface area contributed by atoms with Gasteiger partial charge in [-0.25, -0.2) is 0 Å². The molecule has 0 amide bonds. The van der Waals surface area contributed by atoms with E-state index in [9.17, 15) is 0 Å². The Balaban J connectivity index is 1.98. The molecular formula is C13H16N4O. The van der Waals surface area contributed by atoms with Crippen LogP contribution in [0.2, 0.25) is 0 Å². The van der Waals surface area contributed by atoms with Gasteiger partial charge in [-0.05, 0) is 12.0 Å². The highest BCUT2D eigenvalue weighted by Crippen LogP contribution is 2.16. The van der Waals surface area contributed by atoms with Crippen molar-refractivity contribution in [3.8, 4) is 0 Å². The lowest BCUT2D eigenvalue weighted by molar-refractivity contribution is 0.457. The Morgan fingerprint density at radius 2 is 2.11 bits per heavy atom. The molecule has 2 rings (SSSR count). The number of nitrogens with two attached hydrogens (primary N) is 1. The third-order valence-electron chi connectivity index (χ3n) is 2.45. The van der Waals surface area contributed by atoms with E-state index < -0.39 is 0 Å². The maximum atomic E-state index is 6.02. The van der Waals surface area contributed by atoms with Gasteiger partial charge in [-0.3, -0.25) is 0 Å². The number of nitrogens with zero attached hydrogens (tertiary/aromatic N) is 2. The molecule has 5 nitrogen and oxygen atoms in total. The fourth-order valence-corrected chi connectivity index (χ4v) is 1.57. The zero-order valence-corrected chi connectivity index (χ0v) is 10.0. The maximum absolute atomic E-state index is 6.02. The molecule has 18 heavy (non-hydrogen) atoms. The molecule has 0 aliphatic rings. The standard InChI is InChI=1S/C13H16N4O/c1-2-8-15-13-17-16-12(18-13)11(14)9-10-6-4-3-5-7-10/h2-7,11H,1,8-9,14H2,(H,15,17)/t11-/m1/s1. The molecule has 1 aromatic carbocycles. The van der Waals surface area contributed by atoms with E-state index in [1.807, 2.05) is 30.3 Å². The average Bonchev–Trinajstić information content (AvgIpc) is 2.86. The van der Waals surface area contributed by atoms with Crippen molar-refractivity contribution in [1.82, 2.24) is 10.2 Å². The monoisotopic (exact) mass is 244 g/mol. The molecule has 0 saturated carbocycles. The van der Waals surface area contributed by atoms with Gasteiger partial charge in [0.05, 0.1) is 6.04 Å². The molecule has 0 radical (unpaired) electrons. The Kier molecular flexibility index (Phi) is 4.09. The topological polar surface area (TPSA) is 77.0 Å².